The van der Waals surface area contributed by atoms with Crippen LogP contribution in [0.25, 0.3) is 16.7 Å². The van der Waals surface area contributed by atoms with Crippen molar-refractivity contribution < 1.29 is 4.79 Å². The maximum Gasteiger partial charge on any atom is 0.221 e. The van der Waals surface area contributed by atoms with Crippen molar-refractivity contribution in [2.24, 2.45) is 0 Å². The second-order valence-corrected chi connectivity index (χ2v) is 4.22. The molecule has 2 heterocycles. The summed E-state index contributed by atoms with van der Waals surface area (Å²) in [6.45, 7) is 1.49. The number of anilines is 1. The first-order valence-corrected chi connectivity index (χ1v) is 5.97. The standard InChI is InChI=1S/C15H12N3O/c1-11(19)17-13-6-2-3-7-14(13)18-10-8-12-5-4-9-16-15(12)18/h2-9H,1H3,(H,17,19). The highest BCUT2D eigenvalue weighted by Crippen LogP contribution is 2.24. The number of nitrogens with one attached hydrogen (secondary N) is 1. The average molecular weight is 250 g/mol. The minimum absolute atomic E-state index is 0.100. The van der Waals surface area contributed by atoms with Crippen molar-refractivity contribution in [3.05, 3.63) is 54.9 Å². The Hall–Kier alpha value is -2.62. The number of para-hydroxylation sites is 2. The van der Waals surface area contributed by atoms with Crippen molar-refractivity contribution in [2.45, 2.75) is 6.92 Å². The van der Waals surface area contributed by atoms with Crippen molar-refractivity contribution in [1.82, 2.24) is 9.55 Å². The molecular weight excluding hydrogens is 238 g/mol. The van der Waals surface area contributed by atoms with Crippen LogP contribution in [0.5, 0.6) is 0 Å². The Balaban J connectivity index is 2.19. The second kappa shape index (κ2) is 4.57. The summed E-state index contributed by atoms with van der Waals surface area (Å²) in [6.07, 6.45) is 4.89. The molecule has 1 amide bonds. The Labute approximate surface area is 110 Å². The summed E-state index contributed by atoms with van der Waals surface area (Å²) in [5, 5.41) is 3.83. The van der Waals surface area contributed by atoms with Crippen molar-refractivity contribution in [3.63, 3.8) is 0 Å². The van der Waals surface area contributed by atoms with Gasteiger partial charge in [0.25, 0.3) is 0 Å². The molecule has 1 N–H and O–H groups in total. The molecule has 0 spiro atoms. The van der Waals surface area contributed by atoms with Gasteiger partial charge in [-0.3, -0.25) is 9.36 Å². The molecule has 1 radical (unpaired) electrons. The minimum Gasteiger partial charge on any atom is -0.325 e. The van der Waals surface area contributed by atoms with E-state index in [4.69, 9.17) is 0 Å². The van der Waals surface area contributed by atoms with Gasteiger partial charge in [-0.1, -0.05) is 12.1 Å². The Morgan fingerprint density at radius 2 is 2.11 bits per heavy atom. The number of carbonyl (C=O) groups is 1. The molecular formula is C15H12N3O. The van der Waals surface area contributed by atoms with Crippen molar-refractivity contribution >= 4 is 22.6 Å². The van der Waals surface area contributed by atoms with Gasteiger partial charge in [0.05, 0.1) is 17.6 Å². The van der Waals surface area contributed by atoms with Crippen LogP contribution in [0.1, 0.15) is 6.92 Å². The van der Waals surface area contributed by atoms with Gasteiger partial charge in [0.2, 0.25) is 5.91 Å². The number of nitrogens with zero attached hydrogens (tertiary/aromatic N) is 2. The Bertz CT molecular complexity index is 746. The van der Waals surface area contributed by atoms with E-state index in [1.807, 2.05) is 47.0 Å². The average Bonchev–Trinajstić information content (AvgIpc) is 2.82. The fourth-order valence-corrected chi connectivity index (χ4v) is 2.05. The number of benzene rings is 1. The summed E-state index contributed by atoms with van der Waals surface area (Å²) in [7, 11) is 0. The maximum absolute atomic E-state index is 11.3. The summed E-state index contributed by atoms with van der Waals surface area (Å²) in [6, 6.07) is 13.3. The molecule has 0 bridgehead atoms. The summed E-state index contributed by atoms with van der Waals surface area (Å²) >= 11 is 0. The molecule has 0 aliphatic rings. The highest BCUT2D eigenvalue weighted by atomic mass is 16.1. The van der Waals surface area contributed by atoms with Gasteiger partial charge in [-0.25, -0.2) is 4.98 Å². The third-order valence-corrected chi connectivity index (χ3v) is 2.83. The lowest BCUT2D eigenvalue weighted by atomic mass is 10.2. The molecule has 0 saturated heterocycles. The number of amides is 1. The van der Waals surface area contributed by atoms with Crippen LogP contribution in [-0.4, -0.2) is 15.5 Å². The van der Waals surface area contributed by atoms with E-state index in [9.17, 15) is 4.79 Å². The van der Waals surface area contributed by atoms with Gasteiger partial charge in [-0.15, -0.1) is 0 Å². The van der Waals surface area contributed by atoms with Crippen LogP contribution >= 0.6 is 0 Å². The summed E-state index contributed by atoms with van der Waals surface area (Å²) in [5.74, 6) is -0.100. The van der Waals surface area contributed by atoms with Crippen LogP contribution in [0.3, 0.4) is 0 Å². The molecule has 2 aromatic heterocycles. The first-order valence-electron chi connectivity index (χ1n) is 5.97. The van der Waals surface area contributed by atoms with E-state index >= 15 is 0 Å². The monoisotopic (exact) mass is 250 g/mol. The molecule has 0 unspecified atom stereocenters. The van der Waals surface area contributed by atoms with Crippen LogP contribution in [0, 0.1) is 6.20 Å². The SMILES string of the molecule is CC(=O)Nc1ccccc1-n1[c]cc2cccnc21. The molecule has 19 heavy (non-hydrogen) atoms. The number of fused-ring (bicyclic) bond motifs is 1. The molecule has 93 valence electrons. The van der Waals surface area contributed by atoms with E-state index < -0.39 is 0 Å². The largest absolute Gasteiger partial charge is 0.325 e. The molecule has 4 nitrogen and oxygen atoms in total. The van der Waals surface area contributed by atoms with Gasteiger partial charge in [-0.2, -0.15) is 0 Å². The number of rotatable bonds is 2. The zero-order valence-corrected chi connectivity index (χ0v) is 10.4. The van der Waals surface area contributed by atoms with Gasteiger partial charge >= 0.3 is 0 Å². The zero-order valence-electron chi connectivity index (χ0n) is 10.4. The molecule has 3 rings (SSSR count). The third kappa shape index (κ3) is 2.08. The first kappa shape index (κ1) is 11.5. The van der Waals surface area contributed by atoms with Crippen LogP contribution in [0.4, 0.5) is 5.69 Å². The van der Waals surface area contributed by atoms with Crippen molar-refractivity contribution in [2.75, 3.05) is 5.32 Å². The molecule has 0 atom stereocenters. The Kier molecular flexibility index (Phi) is 2.76. The Morgan fingerprint density at radius 3 is 2.95 bits per heavy atom. The van der Waals surface area contributed by atoms with Crippen molar-refractivity contribution in [1.29, 1.82) is 0 Å². The lowest BCUT2D eigenvalue weighted by molar-refractivity contribution is -0.114. The fraction of sp³-hybridized carbons (Fsp3) is 0.0667. The fourth-order valence-electron chi connectivity index (χ4n) is 2.05. The van der Waals surface area contributed by atoms with E-state index in [0.29, 0.717) is 0 Å². The van der Waals surface area contributed by atoms with Crippen LogP contribution < -0.4 is 5.32 Å². The molecule has 0 aliphatic heterocycles. The quantitative estimate of drug-likeness (QED) is 0.760. The van der Waals surface area contributed by atoms with Gasteiger partial charge < -0.3 is 5.32 Å². The van der Waals surface area contributed by atoms with Crippen LogP contribution in [-0.2, 0) is 4.79 Å². The number of hydrogen-bond acceptors (Lipinski definition) is 2. The van der Waals surface area contributed by atoms with Crippen LogP contribution in [0.2, 0.25) is 0 Å². The smallest absolute Gasteiger partial charge is 0.221 e. The van der Waals surface area contributed by atoms with Gasteiger partial charge in [-0.05, 0) is 30.3 Å². The topological polar surface area (TPSA) is 46.9 Å². The van der Waals surface area contributed by atoms with Crippen LogP contribution in [0.15, 0.2) is 48.7 Å². The lowest BCUT2D eigenvalue weighted by Gasteiger charge is -2.11. The molecule has 0 fully saturated rings. The zero-order chi connectivity index (χ0) is 13.2. The number of carbonyl (C=O) groups excluding carboxylic acids is 1. The van der Waals surface area contributed by atoms with Crippen molar-refractivity contribution in [3.8, 4) is 5.69 Å². The molecule has 3 aromatic rings. The lowest BCUT2D eigenvalue weighted by Crippen LogP contribution is -2.09. The predicted octanol–water partition coefficient (Wildman–Crippen LogP) is 2.78. The number of aromatic nitrogens is 2. The van der Waals surface area contributed by atoms with E-state index in [0.717, 1.165) is 22.4 Å². The first-order chi connectivity index (χ1) is 9.25. The number of pyridine rings is 1. The molecule has 1 aromatic carbocycles. The maximum atomic E-state index is 11.3. The number of hydrogen-bond donors (Lipinski definition) is 1. The van der Waals surface area contributed by atoms with Gasteiger partial charge in [0.15, 0.2) is 0 Å². The second-order valence-electron chi connectivity index (χ2n) is 4.22. The summed E-state index contributed by atoms with van der Waals surface area (Å²) < 4.78 is 1.85. The Morgan fingerprint density at radius 1 is 1.26 bits per heavy atom. The van der Waals surface area contributed by atoms with E-state index in [-0.39, 0.29) is 5.91 Å². The highest BCUT2D eigenvalue weighted by molar-refractivity contribution is 5.91. The van der Waals surface area contributed by atoms with Gasteiger partial charge in [0, 0.05) is 18.5 Å². The molecule has 0 aliphatic carbocycles. The van der Waals surface area contributed by atoms with E-state index in [2.05, 4.69) is 16.5 Å². The molecule has 4 heteroatoms. The summed E-state index contributed by atoms with van der Waals surface area (Å²) in [4.78, 5) is 15.6. The third-order valence-electron chi connectivity index (χ3n) is 2.83. The normalized spacial score (nSPS) is 10.6. The summed E-state index contributed by atoms with van der Waals surface area (Å²) in [5.41, 5.74) is 2.42. The molecule has 0 saturated carbocycles. The van der Waals surface area contributed by atoms with E-state index in [1.54, 1.807) is 6.20 Å². The van der Waals surface area contributed by atoms with E-state index in [1.165, 1.54) is 6.92 Å². The minimum atomic E-state index is -0.100. The highest BCUT2D eigenvalue weighted by Gasteiger charge is 2.09. The van der Waals surface area contributed by atoms with Gasteiger partial charge in [0.1, 0.15) is 5.65 Å². The predicted molar refractivity (Wildman–Crippen MR) is 74.2 cm³/mol.